The number of nitrogens with one attached hydrogen (secondary N) is 2. The van der Waals surface area contributed by atoms with Crippen molar-refractivity contribution in [2.75, 3.05) is 0 Å². The van der Waals surface area contributed by atoms with Crippen molar-refractivity contribution in [3.8, 4) is 0 Å². The summed E-state index contributed by atoms with van der Waals surface area (Å²) in [7, 11) is 0. The molecule has 0 aromatic heterocycles. The first-order valence-electron chi connectivity index (χ1n) is 5.87. The lowest BCUT2D eigenvalue weighted by Gasteiger charge is -2.05. The van der Waals surface area contributed by atoms with Gasteiger partial charge in [0.2, 0.25) is 0 Å². The highest BCUT2D eigenvalue weighted by molar-refractivity contribution is 6.35. The van der Waals surface area contributed by atoms with Crippen LogP contribution in [0.4, 0.5) is 0 Å². The van der Waals surface area contributed by atoms with Gasteiger partial charge in [0, 0.05) is 6.04 Å². The number of aromatic carboxylic acids is 1. The normalized spacial score (nSPS) is 10.6. The summed E-state index contributed by atoms with van der Waals surface area (Å²) in [6.07, 6.45) is 1.31. The Hall–Kier alpha value is -2.70. The van der Waals surface area contributed by atoms with Gasteiger partial charge in [-0.3, -0.25) is 9.59 Å². The van der Waals surface area contributed by atoms with Crippen LogP contribution in [-0.2, 0) is 9.59 Å². The minimum atomic E-state index is -1.02. The number of carboxylic acids is 1. The summed E-state index contributed by atoms with van der Waals surface area (Å²) in [6, 6.07) is 5.76. The van der Waals surface area contributed by atoms with Gasteiger partial charge in [-0.1, -0.05) is 12.1 Å². The van der Waals surface area contributed by atoms with Crippen LogP contribution in [0.1, 0.15) is 29.8 Å². The number of carbonyl (C=O) groups excluding carboxylic acids is 2. The topological polar surface area (TPSA) is 108 Å². The Morgan fingerprint density at radius 3 is 2.25 bits per heavy atom. The van der Waals surface area contributed by atoms with Crippen LogP contribution in [0.5, 0.6) is 0 Å². The van der Waals surface area contributed by atoms with Crippen LogP contribution in [0.3, 0.4) is 0 Å². The van der Waals surface area contributed by atoms with Crippen molar-refractivity contribution >= 4 is 24.0 Å². The highest BCUT2D eigenvalue weighted by Gasteiger charge is 2.12. The summed E-state index contributed by atoms with van der Waals surface area (Å²) in [5.74, 6) is -2.65. The summed E-state index contributed by atoms with van der Waals surface area (Å²) in [4.78, 5) is 33.2. The van der Waals surface area contributed by atoms with Gasteiger partial charge in [-0.25, -0.2) is 10.2 Å². The molecule has 0 radical (unpaired) electrons. The first kappa shape index (κ1) is 15.4. The number of hydrogen-bond acceptors (Lipinski definition) is 4. The fraction of sp³-hybridized carbons (Fsp3) is 0.231. The predicted molar refractivity (Wildman–Crippen MR) is 72.4 cm³/mol. The molecule has 2 amide bonds. The Morgan fingerprint density at radius 2 is 1.75 bits per heavy atom. The molecule has 0 saturated carbocycles. The lowest BCUT2D eigenvalue weighted by atomic mass is 10.1. The monoisotopic (exact) mass is 277 g/mol. The number of rotatable bonds is 4. The zero-order valence-corrected chi connectivity index (χ0v) is 11.1. The van der Waals surface area contributed by atoms with E-state index in [1.54, 1.807) is 13.8 Å². The lowest BCUT2D eigenvalue weighted by molar-refractivity contribution is -0.139. The Labute approximate surface area is 115 Å². The molecule has 0 aliphatic carbocycles. The zero-order valence-electron chi connectivity index (χ0n) is 11.1. The van der Waals surface area contributed by atoms with Crippen molar-refractivity contribution in [3.05, 3.63) is 35.4 Å². The van der Waals surface area contributed by atoms with Gasteiger partial charge in [0.1, 0.15) is 0 Å². The minimum Gasteiger partial charge on any atom is -0.478 e. The molecular formula is C13H15N3O4. The smallest absolute Gasteiger partial charge is 0.335 e. The van der Waals surface area contributed by atoms with E-state index in [1.165, 1.54) is 30.5 Å². The van der Waals surface area contributed by atoms with Gasteiger partial charge >= 0.3 is 17.8 Å². The summed E-state index contributed by atoms with van der Waals surface area (Å²) < 4.78 is 0. The highest BCUT2D eigenvalue weighted by atomic mass is 16.4. The molecule has 0 aliphatic rings. The minimum absolute atomic E-state index is 0.138. The molecule has 7 nitrogen and oxygen atoms in total. The number of amides is 2. The zero-order chi connectivity index (χ0) is 15.1. The van der Waals surface area contributed by atoms with Crippen LogP contribution in [0.2, 0.25) is 0 Å². The summed E-state index contributed by atoms with van der Waals surface area (Å²) in [6.45, 7) is 3.47. The molecule has 3 N–H and O–H groups in total. The van der Waals surface area contributed by atoms with Crippen LogP contribution in [-0.4, -0.2) is 35.1 Å². The molecule has 106 valence electrons. The Bertz CT molecular complexity index is 535. The molecule has 0 atom stereocenters. The van der Waals surface area contributed by atoms with E-state index >= 15 is 0 Å². The second-order valence-electron chi connectivity index (χ2n) is 4.25. The maximum atomic E-state index is 11.3. The molecule has 1 aromatic carbocycles. The van der Waals surface area contributed by atoms with E-state index in [0.717, 1.165) is 0 Å². The average Bonchev–Trinajstić information content (AvgIpc) is 2.38. The SMILES string of the molecule is CC(C)NC(=O)C(=O)NN=Cc1ccc(C(=O)O)cc1. The molecule has 0 aliphatic heterocycles. The van der Waals surface area contributed by atoms with E-state index in [4.69, 9.17) is 5.11 Å². The molecule has 20 heavy (non-hydrogen) atoms. The van der Waals surface area contributed by atoms with E-state index in [0.29, 0.717) is 5.56 Å². The summed E-state index contributed by atoms with van der Waals surface area (Å²) in [5.41, 5.74) is 2.83. The van der Waals surface area contributed by atoms with Crippen molar-refractivity contribution in [2.24, 2.45) is 5.10 Å². The maximum absolute atomic E-state index is 11.3. The lowest BCUT2D eigenvalue weighted by Crippen LogP contribution is -2.41. The van der Waals surface area contributed by atoms with Crippen LogP contribution in [0.25, 0.3) is 0 Å². The Morgan fingerprint density at radius 1 is 1.15 bits per heavy atom. The number of nitrogens with zero attached hydrogens (tertiary/aromatic N) is 1. The fourth-order valence-electron chi connectivity index (χ4n) is 1.26. The van der Waals surface area contributed by atoms with E-state index in [2.05, 4.69) is 15.8 Å². The summed E-state index contributed by atoms with van der Waals surface area (Å²) >= 11 is 0. The fourth-order valence-corrected chi connectivity index (χ4v) is 1.26. The van der Waals surface area contributed by atoms with Crippen molar-refractivity contribution in [3.63, 3.8) is 0 Å². The van der Waals surface area contributed by atoms with Crippen LogP contribution >= 0.6 is 0 Å². The van der Waals surface area contributed by atoms with Crippen molar-refractivity contribution in [1.82, 2.24) is 10.7 Å². The largest absolute Gasteiger partial charge is 0.478 e. The molecular weight excluding hydrogens is 262 g/mol. The Kier molecular flexibility index (Phi) is 5.40. The number of carboxylic acid groups (broad SMARTS) is 1. The summed E-state index contributed by atoms with van der Waals surface area (Å²) in [5, 5.41) is 14.8. The first-order chi connectivity index (χ1) is 9.40. The molecule has 0 unspecified atom stereocenters. The van der Waals surface area contributed by atoms with E-state index < -0.39 is 17.8 Å². The van der Waals surface area contributed by atoms with E-state index in [1.807, 2.05) is 0 Å². The average molecular weight is 277 g/mol. The van der Waals surface area contributed by atoms with Crippen molar-refractivity contribution in [2.45, 2.75) is 19.9 Å². The molecule has 7 heteroatoms. The third-order valence-electron chi connectivity index (χ3n) is 2.16. The second kappa shape index (κ2) is 7.03. The van der Waals surface area contributed by atoms with Crippen LogP contribution in [0, 0.1) is 0 Å². The van der Waals surface area contributed by atoms with Gasteiger partial charge in [0.05, 0.1) is 11.8 Å². The first-order valence-corrected chi connectivity index (χ1v) is 5.87. The number of hydrazone groups is 1. The van der Waals surface area contributed by atoms with Gasteiger partial charge in [0.25, 0.3) is 0 Å². The van der Waals surface area contributed by atoms with Crippen molar-refractivity contribution in [1.29, 1.82) is 0 Å². The molecule has 1 rings (SSSR count). The molecule has 1 aromatic rings. The van der Waals surface area contributed by atoms with E-state index in [-0.39, 0.29) is 11.6 Å². The van der Waals surface area contributed by atoms with Crippen molar-refractivity contribution < 1.29 is 19.5 Å². The third-order valence-corrected chi connectivity index (χ3v) is 2.16. The predicted octanol–water partition coefficient (Wildman–Crippen LogP) is 0.359. The van der Waals surface area contributed by atoms with Crippen LogP contribution in [0.15, 0.2) is 29.4 Å². The number of hydrogen-bond donors (Lipinski definition) is 3. The number of benzene rings is 1. The quantitative estimate of drug-likeness (QED) is 0.419. The van der Waals surface area contributed by atoms with E-state index in [9.17, 15) is 14.4 Å². The molecule has 0 saturated heterocycles. The van der Waals surface area contributed by atoms with Gasteiger partial charge < -0.3 is 10.4 Å². The van der Waals surface area contributed by atoms with Crippen LogP contribution < -0.4 is 10.7 Å². The molecule has 0 bridgehead atoms. The third kappa shape index (κ3) is 4.89. The number of carbonyl (C=O) groups is 3. The maximum Gasteiger partial charge on any atom is 0.335 e. The Balaban J connectivity index is 2.54. The van der Waals surface area contributed by atoms with Gasteiger partial charge in [-0.05, 0) is 31.5 Å². The molecule has 0 spiro atoms. The van der Waals surface area contributed by atoms with Gasteiger partial charge in [0.15, 0.2) is 0 Å². The van der Waals surface area contributed by atoms with Gasteiger partial charge in [-0.2, -0.15) is 5.10 Å². The molecule has 0 fully saturated rings. The standard InChI is InChI=1S/C13H15N3O4/c1-8(2)15-11(17)12(18)16-14-7-9-3-5-10(6-4-9)13(19)20/h3-8H,1-2H3,(H,15,17)(H,16,18)(H,19,20). The van der Waals surface area contributed by atoms with Gasteiger partial charge in [-0.15, -0.1) is 0 Å². The highest BCUT2D eigenvalue weighted by Crippen LogP contribution is 2.02. The molecule has 0 heterocycles. The second-order valence-corrected chi connectivity index (χ2v) is 4.25.